The number of nitro benzene ring substituents is 1. The lowest BCUT2D eigenvalue weighted by Crippen LogP contribution is -2.27. The first kappa shape index (κ1) is 17.4. The standard InChI is InChI=1S/C20H20N4O3/c1-23(18-8-4-6-14-5-2-3-7-17(14)18)13-19-21-20(22-27-19)15-9-11-16(12-10-15)24(25)26/h2-3,5,7,9-12,18H,4,6,8,13H2,1H3/t18-/m1/s1. The van der Waals surface area contributed by atoms with Crippen LogP contribution in [0, 0.1) is 10.1 Å². The van der Waals surface area contributed by atoms with Crippen molar-refractivity contribution in [2.24, 2.45) is 0 Å². The van der Waals surface area contributed by atoms with Crippen LogP contribution in [0.4, 0.5) is 5.69 Å². The van der Waals surface area contributed by atoms with Gasteiger partial charge in [-0.3, -0.25) is 15.0 Å². The smallest absolute Gasteiger partial charge is 0.269 e. The Balaban J connectivity index is 1.49. The van der Waals surface area contributed by atoms with Crippen molar-refractivity contribution in [3.05, 3.63) is 75.7 Å². The van der Waals surface area contributed by atoms with Crippen molar-refractivity contribution in [3.63, 3.8) is 0 Å². The largest absolute Gasteiger partial charge is 0.338 e. The molecule has 0 saturated carbocycles. The van der Waals surface area contributed by atoms with Crippen LogP contribution in [-0.4, -0.2) is 27.0 Å². The van der Waals surface area contributed by atoms with E-state index in [2.05, 4.69) is 46.4 Å². The second-order valence-corrected chi connectivity index (χ2v) is 6.84. The van der Waals surface area contributed by atoms with Crippen molar-refractivity contribution >= 4 is 5.69 Å². The van der Waals surface area contributed by atoms with Gasteiger partial charge in [0.05, 0.1) is 11.5 Å². The Morgan fingerprint density at radius 1 is 1.22 bits per heavy atom. The minimum atomic E-state index is -0.428. The number of benzene rings is 2. The number of hydrogen-bond donors (Lipinski definition) is 0. The predicted molar refractivity (Wildman–Crippen MR) is 100.0 cm³/mol. The van der Waals surface area contributed by atoms with Crippen molar-refractivity contribution in [2.75, 3.05) is 7.05 Å². The van der Waals surface area contributed by atoms with Crippen molar-refractivity contribution in [1.82, 2.24) is 15.0 Å². The Bertz CT molecular complexity index is 952. The van der Waals surface area contributed by atoms with Crippen LogP contribution in [0.5, 0.6) is 0 Å². The fraction of sp³-hybridized carbons (Fsp3) is 0.300. The monoisotopic (exact) mass is 364 g/mol. The molecule has 0 amide bonds. The molecule has 0 saturated heterocycles. The van der Waals surface area contributed by atoms with Gasteiger partial charge in [0.1, 0.15) is 0 Å². The minimum Gasteiger partial charge on any atom is -0.338 e. The normalized spacial score (nSPS) is 16.3. The van der Waals surface area contributed by atoms with Gasteiger partial charge in [0.2, 0.25) is 11.7 Å². The van der Waals surface area contributed by atoms with Crippen molar-refractivity contribution in [3.8, 4) is 11.4 Å². The molecular formula is C20H20N4O3. The van der Waals surface area contributed by atoms with Gasteiger partial charge in [-0.1, -0.05) is 29.4 Å². The SMILES string of the molecule is CN(Cc1nc(-c2ccc([N+](=O)[O-])cc2)no1)[C@@H]1CCCc2ccccc21. The van der Waals surface area contributed by atoms with Gasteiger partial charge < -0.3 is 4.52 Å². The second kappa shape index (κ2) is 7.28. The van der Waals surface area contributed by atoms with E-state index in [1.54, 1.807) is 12.1 Å². The molecular weight excluding hydrogens is 344 g/mol. The average molecular weight is 364 g/mol. The molecule has 0 spiro atoms. The molecule has 0 aliphatic heterocycles. The highest BCUT2D eigenvalue weighted by atomic mass is 16.6. The molecule has 3 aromatic rings. The molecule has 1 aliphatic rings. The third-order valence-corrected chi connectivity index (χ3v) is 5.06. The second-order valence-electron chi connectivity index (χ2n) is 6.84. The summed E-state index contributed by atoms with van der Waals surface area (Å²) in [5.74, 6) is 0.978. The Hall–Kier alpha value is -3.06. The molecule has 0 radical (unpaired) electrons. The van der Waals surface area contributed by atoms with Crippen molar-refractivity contribution < 1.29 is 9.45 Å². The molecule has 1 aromatic heterocycles. The van der Waals surface area contributed by atoms with E-state index in [1.807, 2.05) is 0 Å². The third-order valence-electron chi connectivity index (χ3n) is 5.06. The average Bonchev–Trinajstić information content (AvgIpc) is 3.16. The first-order valence-corrected chi connectivity index (χ1v) is 8.97. The first-order chi connectivity index (χ1) is 13.1. The molecule has 1 aliphatic carbocycles. The summed E-state index contributed by atoms with van der Waals surface area (Å²) in [7, 11) is 2.07. The topological polar surface area (TPSA) is 85.3 Å². The zero-order valence-electron chi connectivity index (χ0n) is 15.0. The number of aryl methyl sites for hydroxylation is 1. The molecule has 0 fully saturated rings. The molecule has 7 heteroatoms. The number of non-ortho nitro benzene ring substituents is 1. The maximum atomic E-state index is 10.8. The summed E-state index contributed by atoms with van der Waals surface area (Å²) >= 11 is 0. The molecule has 0 unspecified atom stereocenters. The van der Waals surface area contributed by atoms with Crippen LogP contribution in [0.25, 0.3) is 11.4 Å². The van der Waals surface area contributed by atoms with Gasteiger partial charge in [-0.05, 0) is 49.6 Å². The van der Waals surface area contributed by atoms with Crippen LogP contribution in [0.15, 0.2) is 53.1 Å². The highest BCUT2D eigenvalue weighted by Crippen LogP contribution is 2.34. The summed E-state index contributed by atoms with van der Waals surface area (Å²) < 4.78 is 5.41. The summed E-state index contributed by atoms with van der Waals surface area (Å²) in [5.41, 5.74) is 3.53. The van der Waals surface area contributed by atoms with Crippen molar-refractivity contribution in [2.45, 2.75) is 31.8 Å². The van der Waals surface area contributed by atoms with E-state index in [0.717, 1.165) is 12.8 Å². The number of nitrogens with zero attached hydrogens (tertiary/aromatic N) is 4. The molecule has 1 atom stereocenters. The number of aromatic nitrogens is 2. The van der Waals surface area contributed by atoms with Gasteiger partial charge in [0.25, 0.3) is 5.69 Å². The summed E-state index contributed by atoms with van der Waals surface area (Å²) in [4.78, 5) is 17.0. The molecule has 7 nitrogen and oxygen atoms in total. The van der Waals surface area contributed by atoms with Gasteiger partial charge >= 0.3 is 0 Å². The van der Waals surface area contributed by atoms with Gasteiger partial charge in [0.15, 0.2) is 0 Å². The van der Waals surface area contributed by atoms with Crippen LogP contribution in [-0.2, 0) is 13.0 Å². The number of hydrogen-bond acceptors (Lipinski definition) is 6. The van der Waals surface area contributed by atoms with Gasteiger partial charge in [-0.25, -0.2) is 0 Å². The van der Waals surface area contributed by atoms with Crippen LogP contribution >= 0.6 is 0 Å². The molecule has 138 valence electrons. The molecule has 0 N–H and O–H groups in total. The van der Waals surface area contributed by atoms with Gasteiger partial charge in [-0.15, -0.1) is 0 Å². The van der Waals surface area contributed by atoms with E-state index >= 15 is 0 Å². The van der Waals surface area contributed by atoms with E-state index in [-0.39, 0.29) is 5.69 Å². The molecule has 0 bridgehead atoms. The third kappa shape index (κ3) is 3.59. The summed E-state index contributed by atoms with van der Waals surface area (Å²) in [6.45, 7) is 0.555. The van der Waals surface area contributed by atoms with E-state index in [0.29, 0.717) is 29.9 Å². The summed E-state index contributed by atoms with van der Waals surface area (Å²) in [5, 5.41) is 14.8. The Morgan fingerprint density at radius 2 is 2.00 bits per heavy atom. The number of fused-ring (bicyclic) bond motifs is 1. The lowest BCUT2D eigenvalue weighted by Gasteiger charge is -2.32. The van der Waals surface area contributed by atoms with E-state index in [9.17, 15) is 10.1 Å². The maximum absolute atomic E-state index is 10.8. The van der Waals surface area contributed by atoms with E-state index in [1.165, 1.54) is 29.7 Å². The lowest BCUT2D eigenvalue weighted by molar-refractivity contribution is -0.384. The van der Waals surface area contributed by atoms with Crippen LogP contribution < -0.4 is 0 Å². The minimum absolute atomic E-state index is 0.0400. The number of rotatable bonds is 5. The molecule has 1 heterocycles. The fourth-order valence-electron chi connectivity index (χ4n) is 3.68. The lowest BCUT2D eigenvalue weighted by atomic mass is 9.87. The van der Waals surface area contributed by atoms with Crippen LogP contribution in [0.3, 0.4) is 0 Å². The Kier molecular flexibility index (Phi) is 4.68. The fourth-order valence-corrected chi connectivity index (χ4v) is 3.68. The predicted octanol–water partition coefficient (Wildman–Crippen LogP) is 4.15. The maximum Gasteiger partial charge on any atom is 0.269 e. The summed E-state index contributed by atoms with van der Waals surface area (Å²) in [6.07, 6.45) is 3.41. The molecule has 4 rings (SSSR count). The molecule has 27 heavy (non-hydrogen) atoms. The van der Waals surface area contributed by atoms with Crippen LogP contribution in [0.2, 0.25) is 0 Å². The van der Waals surface area contributed by atoms with Gasteiger partial charge in [0, 0.05) is 23.7 Å². The Morgan fingerprint density at radius 3 is 2.78 bits per heavy atom. The number of nitro groups is 1. The highest BCUT2D eigenvalue weighted by molar-refractivity contribution is 5.56. The zero-order chi connectivity index (χ0) is 18.8. The zero-order valence-corrected chi connectivity index (χ0v) is 15.0. The molecule has 2 aromatic carbocycles. The van der Waals surface area contributed by atoms with E-state index < -0.39 is 4.92 Å². The summed E-state index contributed by atoms with van der Waals surface area (Å²) in [6, 6.07) is 15.1. The highest BCUT2D eigenvalue weighted by Gasteiger charge is 2.24. The van der Waals surface area contributed by atoms with E-state index in [4.69, 9.17) is 4.52 Å². The van der Waals surface area contributed by atoms with Gasteiger partial charge in [-0.2, -0.15) is 4.98 Å². The quantitative estimate of drug-likeness (QED) is 0.499. The van der Waals surface area contributed by atoms with Crippen LogP contribution in [0.1, 0.15) is 35.9 Å². The first-order valence-electron chi connectivity index (χ1n) is 8.97. The Labute approximate surface area is 156 Å². The van der Waals surface area contributed by atoms with Crippen molar-refractivity contribution in [1.29, 1.82) is 0 Å².